The molecule has 1 saturated carbocycles. The first-order valence-corrected chi connectivity index (χ1v) is 11.2. The predicted molar refractivity (Wildman–Crippen MR) is 121 cm³/mol. The van der Waals surface area contributed by atoms with Crippen LogP contribution < -0.4 is 14.8 Å². The lowest BCUT2D eigenvalue weighted by atomic mass is 9.79. The summed E-state index contributed by atoms with van der Waals surface area (Å²) in [5.41, 5.74) is 0.739. The quantitative estimate of drug-likeness (QED) is 0.460. The van der Waals surface area contributed by atoms with E-state index in [1.54, 1.807) is 38.5 Å². The first kappa shape index (κ1) is 24.1. The van der Waals surface area contributed by atoms with Crippen LogP contribution in [-0.4, -0.2) is 76.0 Å². The lowest BCUT2D eigenvalue weighted by Crippen LogP contribution is -2.59. The second-order valence-corrected chi connectivity index (χ2v) is 8.22. The molecule has 2 fully saturated rings. The van der Waals surface area contributed by atoms with Gasteiger partial charge in [0.15, 0.2) is 18.1 Å². The molecule has 1 aromatic rings. The van der Waals surface area contributed by atoms with Crippen LogP contribution in [0.5, 0.6) is 11.5 Å². The topological polar surface area (TPSA) is 86.3 Å². The zero-order valence-corrected chi connectivity index (χ0v) is 19.1. The van der Waals surface area contributed by atoms with Gasteiger partial charge in [-0.3, -0.25) is 9.69 Å². The van der Waals surface area contributed by atoms with Crippen molar-refractivity contribution in [1.29, 1.82) is 0 Å². The Morgan fingerprint density at radius 3 is 2.50 bits per heavy atom. The molecule has 0 aromatic heterocycles. The van der Waals surface area contributed by atoms with Crippen LogP contribution >= 0.6 is 0 Å². The summed E-state index contributed by atoms with van der Waals surface area (Å²) in [4.78, 5) is 26.9. The molecular formula is C24H34N2O6. The van der Waals surface area contributed by atoms with E-state index in [1.807, 2.05) is 0 Å². The number of carbonyl (C=O) groups excluding carboxylic acids is 2. The van der Waals surface area contributed by atoms with E-state index in [-0.39, 0.29) is 18.1 Å². The van der Waals surface area contributed by atoms with Gasteiger partial charge < -0.3 is 24.3 Å². The molecule has 176 valence electrons. The zero-order chi connectivity index (χ0) is 22.8. The zero-order valence-electron chi connectivity index (χ0n) is 19.1. The number of hydrogen-bond acceptors (Lipinski definition) is 7. The van der Waals surface area contributed by atoms with Crippen molar-refractivity contribution in [1.82, 2.24) is 10.2 Å². The van der Waals surface area contributed by atoms with Crippen molar-refractivity contribution in [3.63, 3.8) is 0 Å². The highest BCUT2D eigenvalue weighted by Gasteiger charge is 2.38. The molecule has 1 amide bonds. The van der Waals surface area contributed by atoms with E-state index in [9.17, 15) is 9.59 Å². The van der Waals surface area contributed by atoms with E-state index >= 15 is 0 Å². The van der Waals surface area contributed by atoms with Crippen molar-refractivity contribution in [3.05, 3.63) is 29.8 Å². The van der Waals surface area contributed by atoms with Crippen molar-refractivity contribution in [2.75, 3.05) is 53.7 Å². The SMILES string of the molecule is COc1ccc(/C=C/C(=O)OCC(=O)NCC2(N3CCOCC3)CCCCC2)cc1OC. The van der Waals surface area contributed by atoms with Gasteiger partial charge in [0.25, 0.3) is 5.91 Å². The fraction of sp³-hybridized carbons (Fsp3) is 0.583. The molecule has 2 aliphatic rings. The van der Waals surface area contributed by atoms with Crippen molar-refractivity contribution >= 4 is 18.0 Å². The number of methoxy groups -OCH3 is 2. The predicted octanol–water partition coefficient (Wildman–Crippen LogP) is 2.41. The van der Waals surface area contributed by atoms with Crippen molar-refractivity contribution in [3.8, 4) is 11.5 Å². The van der Waals surface area contributed by atoms with E-state index in [0.29, 0.717) is 18.0 Å². The van der Waals surface area contributed by atoms with Crippen LogP contribution in [-0.2, 0) is 19.1 Å². The summed E-state index contributed by atoms with van der Waals surface area (Å²) in [5.74, 6) is 0.322. The third-order valence-electron chi connectivity index (χ3n) is 6.25. The smallest absolute Gasteiger partial charge is 0.331 e. The summed E-state index contributed by atoms with van der Waals surface area (Å²) < 4.78 is 21.1. The fourth-order valence-corrected chi connectivity index (χ4v) is 4.47. The number of esters is 1. The highest BCUT2D eigenvalue weighted by Crippen LogP contribution is 2.34. The monoisotopic (exact) mass is 446 g/mol. The number of benzene rings is 1. The summed E-state index contributed by atoms with van der Waals surface area (Å²) in [7, 11) is 3.11. The molecule has 1 N–H and O–H groups in total. The summed E-state index contributed by atoms with van der Waals surface area (Å²) in [6, 6.07) is 5.31. The van der Waals surface area contributed by atoms with E-state index in [4.69, 9.17) is 18.9 Å². The molecule has 1 heterocycles. The Balaban J connectivity index is 1.47. The van der Waals surface area contributed by atoms with Crippen LogP contribution in [0.2, 0.25) is 0 Å². The molecule has 1 saturated heterocycles. The molecule has 1 aliphatic carbocycles. The first-order chi connectivity index (χ1) is 15.6. The van der Waals surface area contributed by atoms with Gasteiger partial charge in [0.1, 0.15) is 0 Å². The Labute approximate surface area is 189 Å². The average Bonchev–Trinajstić information content (AvgIpc) is 2.85. The van der Waals surface area contributed by atoms with Gasteiger partial charge in [-0.15, -0.1) is 0 Å². The summed E-state index contributed by atoms with van der Waals surface area (Å²) in [6.07, 6.45) is 8.63. The molecule has 1 aromatic carbocycles. The van der Waals surface area contributed by atoms with Gasteiger partial charge in [0.2, 0.25) is 0 Å². The van der Waals surface area contributed by atoms with Gasteiger partial charge in [0, 0.05) is 31.2 Å². The summed E-state index contributed by atoms with van der Waals surface area (Å²) in [5, 5.41) is 2.99. The number of nitrogens with zero attached hydrogens (tertiary/aromatic N) is 1. The highest BCUT2D eigenvalue weighted by atomic mass is 16.5. The van der Waals surface area contributed by atoms with Crippen LogP contribution in [0.4, 0.5) is 0 Å². The number of hydrogen-bond donors (Lipinski definition) is 1. The normalized spacial score (nSPS) is 18.8. The maximum atomic E-state index is 12.4. The lowest BCUT2D eigenvalue weighted by molar-refractivity contribution is -0.144. The number of carbonyl (C=O) groups is 2. The fourth-order valence-electron chi connectivity index (χ4n) is 4.47. The van der Waals surface area contributed by atoms with E-state index in [2.05, 4.69) is 10.2 Å². The second kappa shape index (κ2) is 11.9. The van der Waals surface area contributed by atoms with Gasteiger partial charge in [-0.1, -0.05) is 25.3 Å². The number of amides is 1. The summed E-state index contributed by atoms with van der Waals surface area (Å²) in [6.45, 7) is 3.54. The van der Waals surface area contributed by atoms with Crippen LogP contribution in [0.1, 0.15) is 37.7 Å². The minimum atomic E-state index is -0.574. The Morgan fingerprint density at radius 2 is 1.81 bits per heavy atom. The summed E-state index contributed by atoms with van der Waals surface area (Å²) >= 11 is 0. The molecule has 8 heteroatoms. The molecule has 0 bridgehead atoms. The third kappa shape index (κ3) is 6.46. The second-order valence-electron chi connectivity index (χ2n) is 8.22. The molecule has 0 atom stereocenters. The van der Waals surface area contributed by atoms with Crippen molar-refractivity contribution in [2.45, 2.75) is 37.6 Å². The van der Waals surface area contributed by atoms with Gasteiger partial charge in [0.05, 0.1) is 27.4 Å². The molecule has 0 spiro atoms. The third-order valence-corrected chi connectivity index (χ3v) is 6.25. The van der Waals surface area contributed by atoms with Crippen LogP contribution in [0.15, 0.2) is 24.3 Å². The average molecular weight is 447 g/mol. The molecule has 0 unspecified atom stereocenters. The molecular weight excluding hydrogens is 412 g/mol. The van der Waals surface area contributed by atoms with E-state index < -0.39 is 5.97 Å². The Morgan fingerprint density at radius 1 is 1.09 bits per heavy atom. The largest absolute Gasteiger partial charge is 0.493 e. The Bertz CT molecular complexity index is 798. The number of morpholine rings is 1. The van der Waals surface area contributed by atoms with E-state index in [0.717, 1.165) is 44.7 Å². The lowest BCUT2D eigenvalue weighted by Gasteiger charge is -2.48. The van der Waals surface area contributed by atoms with Gasteiger partial charge in [-0.05, 0) is 36.6 Å². The maximum Gasteiger partial charge on any atom is 0.331 e. The van der Waals surface area contributed by atoms with Crippen molar-refractivity contribution < 1.29 is 28.5 Å². The highest BCUT2D eigenvalue weighted by molar-refractivity contribution is 5.89. The Kier molecular flexibility index (Phi) is 8.93. The number of ether oxygens (including phenoxy) is 4. The van der Waals surface area contributed by atoms with E-state index in [1.165, 1.54) is 25.3 Å². The molecule has 0 radical (unpaired) electrons. The van der Waals surface area contributed by atoms with Crippen molar-refractivity contribution in [2.24, 2.45) is 0 Å². The maximum absolute atomic E-state index is 12.4. The molecule has 8 nitrogen and oxygen atoms in total. The molecule has 1 aliphatic heterocycles. The van der Waals surface area contributed by atoms with Crippen LogP contribution in [0.25, 0.3) is 6.08 Å². The van der Waals surface area contributed by atoms with Crippen LogP contribution in [0, 0.1) is 0 Å². The minimum absolute atomic E-state index is 0.0188. The minimum Gasteiger partial charge on any atom is -0.493 e. The Hall–Kier alpha value is -2.58. The number of nitrogens with one attached hydrogen (secondary N) is 1. The van der Waals surface area contributed by atoms with Gasteiger partial charge in [-0.2, -0.15) is 0 Å². The first-order valence-electron chi connectivity index (χ1n) is 11.2. The molecule has 3 rings (SSSR count). The van der Waals surface area contributed by atoms with Crippen LogP contribution in [0.3, 0.4) is 0 Å². The number of rotatable bonds is 9. The molecule has 32 heavy (non-hydrogen) atoms. The standard InChI is InChI=1S/C24H34N2O6/c1-29-20-8-6-19(16-21(20)30-2)7-9-23(28)32-17-22(27)25-18-24(10-4-3-5-11-24)26-12-14-31-15-13-26/h6-9,16H,3-5,10-15,17-18H2,1-2H3,(H,25,27)/b9-7+. The van der Waals surface area contributed by atoms with Gasteiger partial charge >= 0.3 is 5.97 Å². The van der Waals surface area contributed by atoms with Gasteiger partial charge in [-0.25, -0.2) is 4.79 Å².